The second-order valence-electron chi connectivity index (χ2n) is 5.58. The van der Waals surface area contributed by atoms with Crippen molar-refractivity contribution in [2.24, 2.45) is 11.7 Å². The summed E-state index contributed by atoms with van der Waals surface area (Å²) in [6.45, 7) is 2.44. The minimum Gasteiger partial charge on any atom is -0.369 e. The summed E-state index contributed by atoms with van der Waals surface area (Å²) in [5.74, 6) is -0.607. The average molecular weight is 292 g/mol. The molecule has 114 valence electrons. The number of carbonyl (C=O) groups is 2. The minimum absolute atomic E-state index is 0.0264. The molecular formula is C16H21FN2O2. The zero-order valence-corrected chi connectivity index (χ0v) is 12.1. The Balaban J connectivity index is 1.75. The van der Waals surface area contributed by atoms with Crippen LogP contribution in [0.5, 0.6) is 0 Å². The number of primary amides is 1. The van der Waals surface area contributed by atoms with Gasteiger partial charge in [0, 0.05) is 18.5 Å². The van der Waals surface area contributed by atoms with Crippen LogP contribution < -0.4 is 5.73 Å². The van der Waals surface area contributed by atoms with E-state index in [4.69, 9.17) is 5.73 Å². The number of ketones is 1. The van der Waals surface area contributed by atoms with Gasteiger partial charge < -0.3 is 10.6 Å². The molecule has 1 atom stereocenters. The minimum atomic E-state index is -0.336. The molecule has 1 unspecified atom stereocenters. The van der Waals surface area contributed by atoms with E-state index >= 15 is 0 Å². The quantitative estimate of drug-likeness (QED) is 0.816. The topological polar surface area (TPSA) is 63.4 Å². The van der Waals surface area contributed by atoms with Crippen LogP contribution >= 0.6 is 0 Å². The Hall–Kier alpha value is -1.75. The van der Waals surface area contributed by atoms with Gasteiger partial charge in [-0.1, -0.05) is 0 Å². The monoisotopic (exact) mass is 292 g/mol. The smallest absolute Gasteiger partial charge is 0.221 e. The van der Waals surface area contributed by atoms with E-state index in [2.05, 4.69) is 4.90 Å². The lowest BCUT2D eigenvalue weighted by Gasteiger charge is -2.30. The van der Waals surface area contributed by atoms with Crippen LogP contribution in [0.1, 0.15) is 36.0 Å². The van der Waals surface area contributed by atoms with E-state index in [-0.39, 0.29) is 23.4 Å². The maximum Gasteiger partial charge on any atom is 0.221 e. The molecule has 5 heteroatoms. The number of hydrogen-bond donors (Lipinski definition) is 1. The van der Waals surface area contributed by atoms with Crippen LogP contribution in [0.25, 0.3) is 0 Å². The molecule has 1 aromatic carbocycles. The summed E-state index contributed by atoms with van der Waals surface area (Å²) in [5, 5.41) is 0. The van der Waals surface area contributed by atoms with E-state index in [9.17, 15) is 14.0 Å². The van der Waals surface area contributed by atoms with Gasteiger partial charge in [-0.25, -0.2) is 4.39 Å². The SMILES string of the molecule is NC(=O)C1CCCN(CCCC(=O)c2ccc(F)cc2)C1. The molecule has 0 bridgehead atoms. The molecule has 0 spiro atoms. The van der Waals surface area contributed by atoms with E-state index in [1.54, 1.807) is 0 Å². The van der Waals surface area contributed by atoms with Crippen molar-refractivity contribution in [1.29, 1.82) is 0 Å². The fraction of sp³-hybridized carbons (Fsp3) is 0.500. The third-order valence-electron chi connectivity index (χ3n) is 3.95. The molecule has 1 fully saturated rings. The van der Waals surface area contributed by atoms with Gasteiger partial charge in [0.2, 0.25) is 5.91 Å². The number of benzene rings is 1. The normalized spacial score (nSPS) is 19.4. The Morgan fingerprint density at radius 1 is 1.29 bits per heavy atom. The standard InChI is InChI=1S/C16H21FN2O2/c17-14-7-5-12(6-8-14)15(20)4-2-10-19-9-1-3-13(11-19)16(18)21/h5-8,13H,1-4,9-11H2,(H2,18,21). The molecule has 0 radical (unpaired) electrons. The molecule has 1 amide bonds. The second-order valence-corrected chi connectivity index (χ2v) is 5.58. The van der Waals surface area contributed by atoms with Gasteiger partial charge in [0.05, 0.1) is 5.92 Å². The molecule has 1 heterocycles. The van der Waals surface area contributed by atoms with Crippen molar-refractivity contribution in [3.05, 3.63) is 35.6 Å². The molecule has 1 aliphatic heterocycles. The van der Waals surface area contributed by atoms with Crippen molar-refractivity contribution in [2.75, 3.05) is 19.6 Å². The van der Waals surface area contributed by atoms with Gasteiger partial charge in [-0.3, -0.25) is 9.59 Å². The molecule has 21 heavy (non-hydrogen) atoms. The number of nitrogens with two attached hydrogens (primary N) is 1. The fourth-order valence-electron chi connectivity index (χ4n) is 2.73. The fourth-order valence-corrected chi connectivity index (χ4v) is 2.73. The predicted molar refractivity (Wildman–Crippen MR) is 78.3 cm³/mol. The highest BCUT2D eigenvalue weighted by Crippen LogP contribution is 2.16. The third kappa shape index (κ3) is 4.63. The number of likely N-dealkylation sites (tertiary alicyclic amines) is 1. The molecule has 1 saturated heterocycles. The summed E-state index contributed by atoms with van der Waals surface area (Å²) in [5.41, 5.74) is 5.89. The van der Waals surface area contributed by atoms with Gasteiger partial charge in [-0.05, 0) is 56.6 Å². The van der Waals surface area contributed by atoms with Crippen molar-refractivity contribution in [3.63, 3.8) is 0 Å². The van der Waals surface area contributed by atoms with Crippen LogP contribution in [0, 0.1) is 11.7 Å². The number of nitrogens with zero attached hydrogens (tertiary/aromatic N) is 1. The summed E-state index contributed by atoms with van der Waals surface area (Å²) < 4.78 is 12.8. The van der Waals surface area contributed by atoms with Crippen LogP contribution in [0.4, 0.5) is 4.39 Å². The van der Waals surface area contributed by atoms with E-state index in [1.807, 2.05) is 0 Å². The Kier molecular flexibility index (Phi) is 5.44. The van der Waals surface area contributed by atoms with Gasteiger partial charge in [0.15, 0.2) is 5.78 Å². The Morgan fingerprint density at radius 2 is 2.00 bits per heavy atom. The summed E-state index contributed by atoms with van der Waals surface area (Å²) in [4.78, 5) is 25.4. The number of rotatable bonds is 6. The van der Waals surface area contributed by atoms with Crippen molar-refractivity contribution in [2.45, 2.75) is 25.7 Å². The summed E-state index contributed by atoms with van der Waals surface area (Å²) in [6.07, 6.45) is 3.00. The molecule has 0 saturated carbocycles. The van der Waals surface area contributed by atoms with Crippen molar-refractivity contribution >= 4 is 11.7 Å². The molecule has 1 aliphatic rings. The van der Waals surface area contributed by atoms with Crippen LogP contribution in [-0.2, 0) is 4.79 Å². The molecule has 0 aliphatic carbocycles. The first-order chi connectivity index (χ1) is 10.1. The summed E-state index contributed by atoms with van der Waals surface area (Å²) in [6, 6.07) is 5.63. The molecule has 4 nitrogen and oxygen atoms in total. The first-order valence-electron chi connectivity index (χ1n) is 7.36. The van der Waals surface area contributed by atoms with Crippen LogP contribution in [0.15, 0.2) is 24.3 Å². The summed E-state index contributed by atoms with van der Waals surface area (Å²) >= 11 is 0. The zero-order chi connectivity index (χ0) is 15.2. The molecule has 0 aromatic heterocycles. The lowest BCUT2D eigenvalue weighted by molar-refractivity contribution is -0.123. The highest BCUT2D eigenvalue weighted by Gasteiger charge is 2.23. The average Bonchev–Trinajstić information content (AvgIpc) is 2.48. The largest absolute Gasteiger partial charge is 0.369 e. The van der Waals surface area contributed by atoms with Crippen molar-refractivity contribution in [1.82, 2.24) is 4.90 Å². The number of piperidine rings is 1. The Bertz CT molecular complexity index is 502. The van der Waals surface area contributed by atoms with Gasteiger partial charge in [0.25, 0.3) is 0 Å². The van der Waals surface area contributed by atoms with Crippen LogP contribution in [0.2, 0.25) is 0 Å². The number of hydrogen-bond acceptors (Lipinski definition) is 3. The summed E-state index contributed by atoms with van der Waals surface area (Å²) in [7, 11) is 0. The number of Topliss-reactive ketones (excluding diaryl/α,β-unsaturated/α-hetero) is 1. The van der Waals surface area contributed by atoms with Crippen molar-refractivity contribution in [3.8, 4) is 0 Å². The second kappa shape index (κ2) is 7.31. The van der Waals surface area contributed by atoms with Gasteiger partial charge in [0.1, 0.15) is 5.82 Å². The van der Waals surface area contributed by atoms with Crippen LogP contribution in [0.3, 0.4) is 0 Å². The first kappa shape index (κ1) is 15.6. The maximum absolute atomic E-state index is 12.8. The Labute approximate surface area is 124 Å². The molecule has 2 rings (SSSR count). The lowest BCUT2D eigenvalue weighted by Crippen LogP contribution is -2.41. The lowest BCUT2D eigenvalue weighted by atomic mass is 9.97. The van der Waals surface area contributed by atoms with Gasteiger partial charge >= 0.3 is 0 Å². The molecule has 2 N–H and O–H groups in total. The van der Waals surface area contributed by atoms with E-state index in [0.29, 0.717) is 18.5 Å². The van der Waals surface area contributed by atoms with E-state index < -0.39 is 0 Å². The number of halogens is 1. The Morgan fingerprint density at radius 3 is 2.67 bits per heavy atom. The van der Waals surface area contributed by atoms with Gasteiger partial charge in [-0.2, -0.15) is 0 Å². The first-order valence-corrected chi connectivity index (χ1v) is 7.36. The van der Waals surface area contributed by atoms with Crippen molar-refractivity contribution < 1.29 is 14.0 Å². The number of amides is 1. The van der Waals surface area contributed by atoms with Gasteiger partial charge in [-0.15, -0.1) is 0 Å². The zero-order valence-electron chi connectivity index (χ0n) is 12.1. The predicted octanol–water partition coefficient (Wildman–Crippen LogP) is 1.99. The van der Waals surface area contributed by atoms with E-state index in [0.717, 1.165) is 32.4 Å². The number of carbonyl (C=O) groups excluding carboxylic acids is 2. The highest BCUT2D eigenvalue weighted by atomic mass is 19.1. The highest BCUT2D eigenvalue weighted by molar-refractivity contribution is 5.95. The maximum atomic E-state index is 12.8. The molecular weight excluding hydrogens is 271 g/mol. The molecule has 1 aromatic rings. The van der Waals surface area contributed by atoms with Crippen LogP contribution in [-0.4, -0.2) is 36.2 Å². The third-order valence-corrected chi connectivity index (χ3v) is 3.95. The van der Waals surface area contributed by atoms with E-state index in [1.165, 1.54) is 24.3 Å².